The fourth-order valence-corrected chi connectivity index (χ4v) is 2.92. The van der Waals surface area contributed by atoms with Crippen molar-refractivity contribution in [2.75, 3.05) is 13.6 Å². The van der Waals surface area contributed by atoms with Crippen LogP contribution >= 0.6 is 0 Å². The number of hydrogen-bond acceptors (Lipinski definition) is 4. The summed E-state index contributed by atoms with van der Waals surface area (Å²) in [5.74, 6) is 1.87. The number of amides is 1. The molecule has 0 aliphatic carbocycles. The van der Waals surface area contributed by atoms with Crippen LogP contribution in [0.2, 0.25) is 0 Å². The maximum absolute atomic E-state index is 11.1. The van der Waals surface area contributed by atoms with E-state index in [1.54, 1.807) is 19.2 Å². The summed E-state index contributed by atoms with van der Waals surface area (Å²) in [6, 6.07) is 11.4. The molecule has 0 radical (unpaired) electrons. The van der Waals surface area contributed by atoms with Gasteiger partial charge in [-0.05, 0) is 37.6 Å². The van der Waals surface area contributed by atoms with E-state index in [2.05, 4.69) is 31.2 Å². The highest BCUT2D eigenvalue weighted by atomic mass is 16.3. The Bertz CT molecular complexity index is 956. The summed E-state index contributed by atoms with van der Waals surface area (Å²) < 4.78 is 7.56. The number of nitrogens with zero attached hydrogens (tertiary/aromatic N) is 3. The van der Waals surface area contributed by atoms with Gasteiger partial charge in [-0.1, -0.05) is 12.1 Å². The topological polar surface area (TPSA) is 110 Å². The van der Waals surface area contributed by atoms with Crippen LogP contribution in [0, 0.1) is 6.92 Å². The van der Waals surface area contributed by atoms with Crippen LogP contribution in [0.4, 0.5) is 0 Å². The lowest BCUT2D eigenvalue weighted by Crippen LogP contribution is -2.37. The number of primary amides is 1. The van der Waals surface area contributed by atoms with E-state index in [-0.39, 0.29) is 5.76 Å². The molecule has 0 unspecified atom stereocenters. The molecule has 3 aromatic rings. The van der Waals surface area contributed by atoms with Crippen LogP contribution in [-0.4, -0.2) is 35.0 Å². The minimum atomic E-state index is -0.578. The van der Waals surface area contributed by atoms with Crippen molar-refractivity contribution in [2.24, 2.45) is 10.7 Å². The second-order valence-electron chi connectivity index (χ2n) is 6.14. The maximum atomic E-state index is 11.1. The van der Waals surface area contributed by atoms with Gasteiger partial charge in [-0.25, -0.2) is 4.98 Å². The molecule has 4 N–H and O–H groups in total. The monoisotopic (exact) mass is 368 g/mol. The highest BCUT2D eigenvalue weighted by Crippen LogP contribution is 2.15. The van der Waals surface area contributed by atoms with Crippen molar-refractivity contribution in [1.29, 1.82) is 0 Å². The molecule has 2 heterocycles. The molecule has 0 atom stereocenters. The molecule has 3 rings (SSSR count). The molecule has 0 fully saturated rings. The summed E-state index contributed by atoms with van der Waals surface area (Å²) in [5.41, 5.74) is 7.36. The van der Waals surface area contributed by atoms with Crippen LogP contribution < -0.4 is 16.4 Å². The zero-order valence-electron chi connectivity index (χ0n) is 15.5. The number of carbonyl (C=O) groups excluding carboxylic acids is 1. The van der Waals surface area contributed by atoms with Gasteiger partial charge in [-0.2, -0.15) is 0 Å². The largest absolute Gasteiger partial charge is 0.454 e. The Morgan fingerprint density at radius 2 is 2.07 bits per heavy atom. The van der Waals surface area contributed by atoms with Gasteiger partial charge in [0.1, 0.15) is 11.6 Å². The molecule has 0 aliphatic rings. The molecule has 0 saturated carbocycles. The predicted octanol–water partition coefficient (Wildman–Crippen LogP) is 1.79. The lowest BCUT2D eigenvalue weighted by molar-refractivity contribution is 0.0972. The predicted molar refractivity (Wildman–Crippen MR) is 105 cm³/mol. The summed E-state index contributed by atoms with van der Waals surface area (Å²) in [6.45, 7) is 4.07. The Morgan fingerprint density at radius 3 is 2.81 bits per heavy atom. The summed E-state index contributed by atoms with van der Waals surface area (Å²) in [6.07, 6.45) is 0.925. The highest BCUT2D eigenvalue weighted by Gasteiger charge is 2.08. The number of rotatable bonds is 7. The van der Waals surface area contributed by atoms with Gasteiger partial charge in [0.25, 0.3) is 5.91 Å². The molecule has 2 aromatic heterocycles. The molecule has 0 bridgehead atoms. The number of para-hydroxylation sites is 2. The minimum absolute atomic E-state index is 0.151. The fraction of sp³-hybridized carbons (Fsp3) is 0.316. The number of fused-ring (bicyclic) bond motifs is 1. The third-order valence-electron chi connectivity index (χ3n) is 4.25. The molecule has 8 heteroatoms. The number of nitrogens with two attached hydrogens (primary N) is 1. The zero-order valence-corrected chi connectivity index (χ0v) is 15.5. The molecule has 27 heavy (non-hydrogen) atoms. The summed E-state index contributed by atoms with van der Waals surface area (Å²) in [5, 5.41) is 6.42. The van der Waals surface area contributed by atoms with Crippen molar-refractivity contribution in [1.82, 2.24) is 20.2 Å². The van der Waals surface area contributed by atoms with Crippen LogP contribution in [0.3, 0.4) is 0 Å². The molecular weight excluding hydrogens is 344 g/mol. The first-order chi connectivity index (χ1) is 13.1. The number of carbonyl (C=O) groups is 1. The van der Waals surface area contributed by atoms with E-state index in [1.165, 1.54) is 0 Å². The number of imidazole rings is 1. The van der Waals surface area contributed by atoms with Crippen LogP contribution in [0.5, 0.6) is 0 Å². The average molecular weight is 368 g/mol. The molecule has 142 valence electrons. The van der Waals surface area contributed by atoms with Crippen LogP contribution in [-0.2, 0) is 13.1 Å². The number of benzene rings is 1. The molecule has 0 saturated heterocycles. The number of furan rings is 1. The van der Waals surface area contributed by atoms with Gasteiger partial charge >= 0.3 is 0 Å². The van der Waals surface area contributed by atoms with Crippen LogP contribution in [0.1, 0.15) is 28.6 Å². The van der Waals surface area contributed by atoms with Crippen molar-refractivity contribution in [3.63, 3.8) is 0 Å². The first-order valence-electron chi connectivity index (χ1n) is 8.83. The summed E-state index contributed by atoms with van der Waals surface area (Å²) in [7, 11) is 1.71. The van der Waals surface area contributed by atoms with Crippen molar-refractivity contribution < 1.29 is 9.21 Å². The summed E-state index contributed by atoms with van der Waals surface area (Å²) >= 11 is 0. The van der Waals surface area contributed by atoms with Crippen LogP contribution in [0.25, 0.3) is 11.0 Å². The van der Waals surface area contributed by atoms with Crippen LogP contribution in [0.15, 0.2) is 45.8 Å². The first kappa shape index (κ1) is 18.5. The molecule has 0 spiro atoms. The fourth-order valence-electron chi connectivity index (χ4n) is 2.92. The van der Waals surface area contributed by atoms with Gasteiger partial charge < -0.3 is 25.4 Å². The smallest absolute Gasteiger partial charge is 0.284 e. The number of hydrogen-bond donors (Lipinski definition) is 3. The molecule has 8 nitrogen and oxygen atoms in total. The lowest BCUT2D eigenvalue weighted by Gasteiger charge is -2.12. The Balaban J connectivity index is 1.47. The first-order valence-corrected chi connectivity index (χ1v) is 8.83. The van der Waals surface area contributed by atoms with E-state index >= 15 is 0 Å². The van der Waals surface area contributed by atoms with E-state index in [1.807, 2.05) is 25.1 Å². The molecular formula is C19H24N6O2. The Kier molecular flexibility index (Phi) is 5.75. The second kappa shape index (κ2) is 8.39. The normalized spacial score (nSPS) is 11.7. The van der Waals surface area contributed by atoms with Gasteiger partial charge in [-0.15, -0.1) is 0 Å². The van der Waals surface area contributed by atoms with E-state index < -0.39 is 5.91 Å². The summed E-state index contributed by atoms with van der Waals surface area (Å²) in [4.78, 5) is 19.8. The van der Waals surface area contributed by atoms with E-state index in [0.717, 1.165) is 36.4 Å². The number of aryl methyl sites for hydroxylation is 2. The van der Waals surface area contributed by atoms with Gasteiger partial charge in [0.2, 0.25) is 0 Å². The lowest BCUT2D eigenvalue weighted by atomic mass is 10.3. The maximum Gasteiger partial charge on any atom is 0.284 e. The number of aromatic nitrogens is 2. The number of aliphatic imine (C=N–C) groups is 1. The molecule has 0 aliphatic heterocycles. The van der Waals surface area contributed by atoms with E-state index in [0.29, 0.717) is 18.3 Å². The van der Waals surface area contributed by atoms with E-state index in [4.69, 9.17) is 10.2 Å². The SMILES string of the molecule is CN=C(NCCCn1c(C)nc2ccccc21)NCc1ccc(C(N)=O)o1. The molecule has 1 amide bonds. The van der Waals surface area contributed by atoms with Crippen molar-refractivity contribution in [3.05, 3.63) is 53.7 Å². The zero-order chi connectivity index (χ0) is 19.2. The third kappa shape index (κ3) is 4.46. The highest BCUT2D eigenvalue weighted by molar-refractivity contribution is 5.89. The standard InChI is InChI=1S/C19H24N6O2/c1-13-24-15-6-3-4-7-16(15)25(13)11-5-10-22-19(21-2)23-12-14-8-9-17(27-14)18(20)26/h3-4,6-9H,5,10-12H2,1-2H3,(H2,20,26)(H2,21,22,23). The molecule has 1 aromatic carbocycles. The third-order valence-corrected chi connectivity index (χ3v) is 4.25. The minimum Gasteiger partial charge on any atom is -0.454 e. The quantitative estimate of drug-likeness (QED) is 0.334. The number of nitrogens with one attached hydrogen (secondary N) is 2. The average Bonchev–Trinajstić information content (AvgIpc) is 3.25. The number of guanidine groups is 1. The Labute approximate surface area is 157 Å². The van der Waals surface area contributed by atoms with E-state index in [9.17, 15) is 4.79 Å². The second-order valence-corrected chi connectivity index (χ2v) is 6.14. The Hall–Kier alpha value is -3.29. The van der Waals surface area contributed by atoms with Gasteiger partial charge in [0, 0.05) is 20.1 Å². The Morgan fingerprint density at radius 1 is 1.26 bits per heavy atom. The van der Waals surface area contributed by atoms with Gasteiger partial charge in [-0.3, -0.25) is 9.79 Å². The van der Waals surface area contributed by atoms with Gasteiger partial charge in [0.05, 0.1) is 17.6 Å². The van der Waals surface area contributed by atoms with Crippen molar-refractivity contribution in [3.8, 4) is 0 Å². The van der Waals surface area contributed by atoms with Crippen molar-refractivity contribution >= 4 is 22.9 Å². The van der Waals surface area contributed by atoms with Crippen molar-refractivity contribution in [2.45, 2.75) is 26.4 Å². The van der Waals surface area contributed by atoms with Gasteiger partial charge in [0.15, 0.2) is 11.7 Å².